The molecule has 0 radical (unpaired) electrons. The lowest BCUT2D eigenvalue weighted by Gasteiger charge is -2.49. The van der Waals surface area contributed by atoms with Crippen molar-refractivity contribution < 1.29 is 34.1 Å². The van der Waals surface area contributed by atoms with Crippen molar-refractivity contribution in [1.29, 1.82) is 0 Å². The number of hydrogen-bond donors (Lipinski definition) is 4. The van der Waals surface area contributed by atoms with E-state index in [1.807, 2.05) is 0 Å². The van der Waals surface area contributed by atoms with Crippen LogP contribution in [-0.4, -0.2) is 62.3 Å². The van der Waals surface area contributed by atoms with Gasteiger partial charge in [0, 0.05) is 5.75 Å². The van der Waals surface area contributed by atoms with Crippen molar-refractivity contribution in [3.63, 3.8) is 0 Å². The summed E-state index contributed by atoms with van der Waals surface area (Å²) in [6.07, 6.45) is -2.68. The van der Waals surface area contributed by atoms with Crippen LogP contribution in [0.4, 0.5) is 4.79 Å². The lowest BCUT2D eigenvalue weighted by atomic mass is 10.0. The second-order valence-electron chi connectivity index (χ2n) is 6.92. The fourth-order valence-corrected chi connectivity index (χ4v) is 4.38. The Morgan fingerprint density at radius 1 is 1.23 bits per heavy atom. The molecule has 0 aliphatic carbocycles. The maximum absolute atomic E-state index is 12.6. The number of aliphatic hydroxyl groups excluding tert-OH is 1. The summed E-state index contributed by atoms with van der Waals surface area (Å²) in [4.78, 5) is 49.5. The van der Waals surface area contributed by atoms with E-state index in [0.717, 1.165) is 4.90 Å². The summed E-state index contributed by atoms with van der Waals surface area (Å²) < 4.78 is 4.96. The largest absolute Gasteiger partial charge is 0.477 e. The van der Waals surface area contributed by atoms with Gasteiger partial charge in [0.1, 0.15) is 11.4 Å². The van der Waals surface area contributed by atoms with Crippen LogP contribution >= 0.6 is 11.8 Å². The van der Waals surface area contributed by atoms with Gasteiger partial charge in [-0.15, -0.1) is 11.8 Å². The van der Waals surface area contributed by atoms with Gasteiger partial charge in [0.2, 0.25) is 0 Å². The molecule has 0 bridgehead atoms. The third kappa shape index (κ3) is 4.26. The molecule has 2 unspecified atom stereocenters. The second-order valence-corrected chi connectivity index (χ2v) is 8.03. The van der Waals surface area contributed by atoms with E-state index < -0.39 is 47.5 Å². The van der Waals surface area contributed by atoms with Gasteiger partial charge in [-0.05, 0) is 19.4 Å². The third-order valence-corrected chi connectivity index (χ3v) is 5.71. The zero-order chi connectivity index (χ0) is 22.0. The van der Waals surface area contributed by atoms with E-state index in [0.29, 0.717) is 5.56 Å². The van der Waals surface area contributed by atoms with E-state index in [2.05, 4.69) is 10.6 Å². The molecule has 0 spiro atoms. The van der Waals surface area contributed by atoms with Gasteiger partial charge in [-0.2, -0.15) is 0 Å². The summed E-state index contributed by atoms with van der Waals surface area (Å²) in [5.41, 5.74) is 0.0478. The number of thioether (sulfide) groups is 1. The Morgan fingerprint density at radius 3 is 2.50 bits per heavy atom. The smallest absolute Gasteiger partial charge is 0.411 e. The molecule has 0 saturated carbocycles. The van der Waals surface area contributed by atoms with E-state index in [1.165, 1.54) is 11.8 Å². The van der Waals surface area contributed by atoms with Gasteiger partial charge in [0.15, 0.2) is 11.8 Å². The summed E-state index contributed by atoms with van der Waals surface area (Å²) in [5, 5.41) is 23.9. The molecule has 10 nitrogen and oxygen atoms in total. The lowest BCUT2D eigenvalue weighted by Crippen LogP contribution is -2.71. The molecule has 4 N–H and O–H groups in total. The number of aliphatic hydroxyl groups is 1. The number of rotatable bonds is 6. The second kappa shape index (κ2) is 8.76. The zero-order valence-electron chi connectivity index (χ0n) is 16.2. The van der Waals surface area contributed by atoms with E-state index in [-0.39, 0.29) is 17.1 Å². The fourth-order valence-electron chi connectivity index (χ4n) is 3.10. The van der Waals surface area contributed by atoms with E-state index in [4.69, 9.17) is 4.74 Å². The van der Waals surface area contributed by atoms with E-state index in [9.17, 15) is 29.4 Å². The average molecular weight is 435 g/mol. The van der Waals surface area contributed by atoms with Crippen LogP contribution in [0, 0.1) is 0 Å². The highest BCUT2D eigenvalue weighted by atomic mass is 32.2. The monoisotopic (exact) mass is 435 g/mol. The Kier molecular flexibility index (Phi) is 6.32. The number of β-lactam (4-membered cyclic amide) rings is 1. The van der Waals surface area contributed by atoms with Crippen LogP contribution in [0.1, 0.15) is 25.5 Å². The van der Waals surface area contributed by atoms with Gasteiger partial charge in [-0.1, -0.05) is 30.3 Å². The Morgan fingerprint density at radius 2 is 1.90 bits per heavy atom. The highest BCUT2D eigenvalue weighted by molar-refractivity contribution is 8.00. The van der Waals surface area contributed by atoms with Gasteiger partial charge in [0.05, 0.1) is 11.8 Å². The van der Waals surface area contributed by atoms with Gasteiger partial charge in [-0.25, -0.2) is 9.59 Å². The number of carbonyl (C=O) groups excluding carboxylic acids is 3. The summed E-state index contributed by atoms with van der Waals surface area (Å²) in [6.45, 7) is 3.29. The first-order valence-electron chi connectivity index (χ1n) is 9.12. The summed E-state index contributed by atoms with van der Waals surface area (Å²) >= 11 is 1.18. The first kappa shape index (κ1) is 21.7. The molecule has 1 aromatic rings. The summed E-state index contributed by atoms with van der Waals surface area (Å²) in [5.74, 6) is -2.70. The molecule has 2 aliphatic rings. The number of carboxylic acid groups (broad SMARTS) is 1. The summed E-state index contributed by atoms with van der Waals surface area (Å²) in [7, 11) is 0. The minimum absolute atomic E-state index is 0.0387. The zero-order valence-corrected chi connectivity index (χ0v) is 17.0. The molecule has 0 aromatic heterocycles. The highest BCUT2D eigenvalue weighted by Gasteiger charge is 2.54. The van der Waals surface area contributed by atoms with Gasteiger partial charge >= 0.3 is 12.1 Å². The predicted molar refractivity (Wildman–Crippen MR) is 106 cm³/mol. The molecule has 30 heavy (non-hydrogen) atoms. The van der Waals surface area contributed by atoms with Crippen LogP contribution < -0.4 is 10.6 Å². The molecular formula is C19H21N3O7S. The predicted octanol–water partition coefficient (Wildman–Crippen LogP) is 0.551. The first-order chi connectivity index (χ1) is 14.2. The van der Waals surface area contributed by atoms with Crippen molar-refractivity contribution in [2.45, 2.75) is 37.5 Å². The molecule has 3 atom stereocenters. The molecular weight excluding hydrogens is 414 g/mol. The Labute approximate surface area is 176 Å². The Hall–Kier alpha value is -3.05. The number of carboxylic acids is 1. The van der Waals surface area contributed by atoms with Gasteiger partial charge in [0.25, 0.3) is 11.8 Å². The Bertz CT molecular complexity index is 903. The molecule has 160 valence electrons. The lowest BCUT2D eigenvalue weighted by molar-refractivity contribution is -0.151. The number of aliphatic carboxylic acids is 1. The van der Waals surface area contributed by atoms with Crippen molar-refractivity contribution in [1.82, 2.24) is 15.5 Å². The molecule has 1 aromatic carbocycles. The number of nitrogens with one attached hydrogen (secondary N) is 2. The van der Waals surface area contributed by atoms with Gasteiger partial charge in [-0.3, -0.25) is 19.8 Å². The van der Waals surface area contributed by atoms with Crippen molar-refractivity contribution in [3.05, 3.63) is 47.3 Å². The van der Waals surface area contributed by atoms with Crippen molar-refractivity contribution >= 4 is 35.6 Å². The number of carbonyl (C=O) groups is 4. The SMILES string of the molecule is CC(C)OC(=O)NC1=C(C(=O)O)N2C(=O)C(NC(=O)C(O)c3ccccc3)[C@@H]2SC1. The number of amides is 3. The Balaban J connectivity index is 1.72. The molecule has 1 saturated heterocycles. The van der Waals surface area contributed by atoms with Crippen LogP contribution in [0.15, 0.2) is 41.7 Å². The number of ether oxygens (including phenoxy) is 1. The minimum atomic E-state index is -1.46. The van der Waals surface area contributed by atoms with Crippen LogP contribution in [0.2, 0.25) is 0 Å². The summed E-state index contributed by atoms with van der Waals surface area (Å²) in [6, 6.07) is 7.24. The number of hydrogen-bond acceptors (Lipinski definition) is 7. The minimum Gasteiger partial charge on any atom is -0.477 e. The molecule has 11 heteroatoms. The molecule has 2 heterocycles. The van der Waals surface area contributed by atoms with Crippen molar-refractivity contribution in [3.8, 4) is 0 Å². The van der Waals surface area contributed by atoms with Crippen LogP contribution in [0.3, 0.4) is 0 Å². The van der Waals surface area contributed by atoms with Gasteiger partial charge < -0.3 is 20.3 Å². The standard InChI is InChI=1S/C19H21N3O7S/c1-9(2)29-19(28)20-11-8-30-17-12(16(25)22(17)13(11)18(26)27)21-15(24)14(23)10-6-4-3-5-7-10/h3-7,9,12,14,17,23H,8H2,1-2H3,(H,20,28)(H,21,24)(H,26,27)/t12?,14?,17-/m0/s1. The maximum Gasteiger partial charge on any atom is 0.411 e. The number of alkyl carbamates (subject to hydrolysis) is 1. The van der Waals surface area contributed by atoms with E-state index >= 15 is 0 Å². The quantitative estimate of drug-likeness (QED) is 0.474. The third-order valence-electron chi connectivity index (χ3n) is 4.43. The first-order valence-corrected chi connectivity index (χ1v) is 10.2. The normalized spacial score (nSPS) is 21.5. The van der Waals surface area contributed by atoms with E-state index in [1.54, 1.807) is 44.2 Å². The van der Waals surface area contributed by atoms with Crippen LogP contribution in [0.25, 0.3) is 0 Å². The van der Waals surface area contributed by atoms with Crippen molar-refractivity contribution in [2.24, 2.45) is 0 Å². The van der Waals surface area contributed by atoms with Crippen LogP contribution in [0.5, 0.6) is 0 Å². The van der Waals surface area contributed by atoms with Crippen molar-refractivity contribution in [2.75, 3.05) is 5.75 Å². The topological polar surface area (TPSA) is 145 Å². The highest BCUT2D eigenvalue weighted by Crippen LogP contribution is 2.39. The number of nitrogens with zero attached hydrogens (tertiary/aromatic N) is 1. The molecule has 2 aliphatic heterocycles. The molecule has 3 rings (SSSR count). The molecule has 3 amide bonds. The number of benzene rings is 1. The maximum atomic E-state index is 12.6. The molecule has 1 fully saturated rings. The van der Waals surface area contributed by atoms with Crippen LogP contribution in [-0.2, 0) is 19.1 Å². The average Bonchev–Trinajstić information content (AvgIpc) is 2.70. The fraction of sp³-hybridized carbons (Fsp3) is 0.368. The number of fused-ring (bicyclic) bond motifs is 1.